The van der Waals surface area contributed by atoms with E-state index in [1.165, 1.54) is 17.0 Å². The van der Waals surface area contributed by atoms with Crippen molar-refractivity contribution in [2.75, 3.05) is 20.8 Å². The molecule has 29 heavy (non-hydrogen) atoms. The van der Waals surface area contributed by atoms with Crippen molar-refractivity contribution in [3.8, 4) is 11.5 Å². The van der Waals surface area contributed by atoms with Crippen molar-refractivity contribution in [2.24, 2.45) is 0 Å². The van der Waals surface area contributed by atoms with E-state index in [0.29, 0.717) is 0 Å². The molecule has 0 saturated heterocycles. The molecule has 2 heterocycles. The van der Waals surface area contributed by atoms with Crippen molar-refractivity contribution < 1.29 is 9.47 Å². The summed E-state index contributed by atoms with van der Waals surface area (Å²) in [6.07, 6.45) is 11.2. The van der Waals surface area contributed by atoms with Crippen LogP contribution in [0, 0.1) is 0 Å². The highest BCUT2D eigenvalue weighted by atomic mass is 16.5. The molecule has 0 saturated carbocycles. The first kappa shape index (κ1) is 19.8. The molecule has 1 aliphatic heterocycles. The van der Waals surface area contributed by atoms with Crippen molar-refractivity contribution >= 4 is 5.57 Å². The van der Waals surface area contributed by atoms with Gasteiger partial charge in [0.1, 0.15) is 17.3 Å². The molecule has 1 aromatic heterocycles. The minimum absolute atomic E-state index is 0.842. The van der Waals surface area contributed by atoms with Crippen LogP contribution < -0.4 is 9.47 Å². The Morgan fingerprint density at radius 3 is 2.76 bits per heavy atom. The summed E-state index contributed by atoms with van der Waals surface area (Å²) >= 11 is 0. The quantitative estimate of drug-likeness (QED) is 0.689. The molecule has 154 valence electrons. The van der Waals surface area contributed by atoms with Gasteiger partial charge in [0.15, 0.2) is 0 Å². The van der Waals surface area contributed by atoms with Gasteiger partial charge in [0.2, 0.25) is 0 Å². The molecule has 5 heteroatoms. The van der Waals surface area contributed by atoms with Gasteiger partial charge in [-0.3, -0.25) is 4.90 Å². The van der Waals surface area contributed by atoms with E-state index in [1.54, 1.807) is 14.2 Å². The third-order valence-electron chi connectivity index (χ3n) is 5.78. The van der Waals surface area contributed by atoms with Crippen LogP contribution in [0.2, 0.25) is 0 Å². The van der Waals surface area contributed by atoms with Gasteiger partial charge in [-0.25, -0.2) is 4.98 Å². The smallest absolute Gasteiger partial charge is 0.140 e. The predicted molar refractivity (Wildman–Crippen MR) is 116 cm³/mol. The number of benzene rings is 1. The van der Waals surface area contributed by atoms with Crippen molar-refractivity contribution in [2.45, 2.75) is 52.2 Å². The molecule has 0 fully saturated rings. The standard InChI is InChI=1S/C24H31N3O2/c1-4-13-27-22-17-26(16-19-15-20(28-2)10-11-23(19)29-3)14-12-21(22)25-24(27)18-8-6-5-7-9-18/h6,8-11,15H,4-5,7,12-14,16-17H2,1-3H3. The first-order valence-electron chi connectivity index (χ1n) is 10.6. The van der Waals surface area contributed by atoms with E-state index in [4.69, 9.17) is 14.5 Å². The number of ether oxygens (including phenoxy) is 2. The fourth-order valence-corrected chi connectivity index (χ4v) is 4.31. The van der Waals surface area contributed by atoms with Crippen LogP contribution in [0.25, 0.3) is 5.57 Å². The first-order valence-corrected chi connectivity index (χ1v) is 10.6. The molecule has 2 aliphatic rings. The van der Waals surface area contributed by atoms with Gasteiger partial charge < -0.3 is 14.0 Å². The number of fused-ring (bicyclic) bond motifs is 1. The third-order valence-corrected chi connectivity index (χ3v) is 5.78. The molecular formula is C24H31N3O2. The summed E-state index contributed by atoms with van der Waals surface area (Å²) in [5.41, 5.74) is 5.08. The molecule has 5 nitrogen and oxygen atoms in total. The van der Waals surface area contributed by atoms with Crippen LogP contribution in [-0.2, 0) is 26.1 Å². The zero-order valence-electron chi connectivity index (χ0n) is 17.8. The molecule has 0 atom stereocenters. The Kier molecular flexibility index (Phi) is 6.05. The molecule has 0 N–H and O–H groups in total. The number of rotatable bonds is 7. The summed E-state index contributed by atoms with van der Waals surface area (Å²) in [5, 5.41) is 0. The average Bonchev–Trinajstić information content (AvgIpc) is 3.12. The van der Waals surface area contributed by atoms with E-state index >= 15 is 0 Å². The van der Waals surface area contributed by atoms with Gasteiger partial charge in [0.25, 0.3) is 0 Å². The lowest BCUT2D eigenvalue weighted by atomic mass is 10.1. The van der Waals surface area contributed by atoms with Crippen LogP contribution in [0.3, 0.4) is 0 Å². The Morgan fingerprint density at radius 2 is 2.03 bits per heavy atom. The third kappa shape index (κ3) is 4.10. The maximum Gasteiger partial charge on any atom is 0.140 e. The van der Waals surface area contributed by atoms with Crippen LogP contribution >= 0.6 is 0 Å². The van der Waals surface area contributed by atoms with Crippen LogP contribution in [0.5, 0.6) is 11.5 Å². The van der Waals surface area contributed by atoms with Gasteiger partial charge in [0.05, 0.1) is 25.6 Å². The van der Waals surface area contributed by atoms with Crippen LogP contribution in [0.4, 0.5) is 0 Å². The number of nitrogens with zero attached hydrogens (tertiary/aromatic N) is 3. The van der Waals surface area contributed by atoms with Crippen molar-refractivity contribution in [3.05, 3.63) is 59.2 Å². The number of allylic oxidation sites excluding steroid dienone is 4. The highest BCUT2D eigenvalue weighted by Crippen LogP contribution is 2.30. The highest BCUT2D eigenvalue weighted by molar-refractivity contribution is 5.71. The molecule has 1 aliphatic carbocycles. The van der Waals surface area contributed by atoms with Crippen LogP contribution in [0.15, 0.2) is 36.4 Å². The second-order valence-corrected chi connectivity index (χ2v) is 7.76. The van der Waals surface area contributed by atoms with Gasteiger partial charge in [-0.05, 0) is 37.5 Å². The van der Waals surface area contributed by atoms with Gasteiger partial charge >= 0.3 is 0 Å². The molecule has 0 bridgehead atoms. The number of imidazole rings is 1. The first-order chi connectivity index (χ1) is 14.2. The Bertz CT molecular complexity index is 926. The fourth-order valence-electron chi connectivity index (χ4n) is 4.31. The topological polar surface area (TPSA) is 39.5 Å². The maximum absolute atomic E-state index is 5.59. The van der Waals surface area contributed by atoms with E-state index < -0.39 is 0 Å². The lowest BCUT2D eigenvalue weighted by molar-refractivity contribution is 0.233. The Balaban J connectivity index is 1.61. The lowest BCUT2D eigenvalue weighted by Crippen LogP contribution is -2.31. The number of hydrogen-bond donors (Lipinski definition) is 0. The maximum atomic E-state index is 5.59. The summed E-state index contributed by atoms with van der Waals surface area (Å²) < 4.78 is 13.5. The molecule has 0 radical (unpaired) electrons. The van der Waals surface area contributed by atoms with Crippen LogP contribution in [-0.4, -0.2) is 35.2 Å². The minimum atomic E-state index is 0.842. The summed E-state index contributed by atoms with van der Waals surface area (Å²) in [4.78, 5) is 7.56. The Labute approximate surface area is 173 Å². The van der Waals surface area contributed by atoms with Crippen LogP contribution in [0.1, 0.15) is 49.0 Å². The molecule has 1 aromatic carbocycles. The summed E-state index contributed by atoms with van der Waals surface area (Å²) in [6.45, 7) is 6.02. The summed E-state index contributed by atoms with van der Waals surface area (Å²) in [7, 11) is 3.44. The van der Waals surface area contributed by atoms with E-state index in [2.05, 4.69) is 40.7 Å². The minimum Gasteiger partial charge on any atom is -0.497 e. The van der Waals surface area contributed by atoms with E-state index in [1.807, 2.05) is 12.1 Å². The van der Waals surface area contributed by atoms with Crippen molar-refractivity contribution in [3.63, 3.8) is 0 Å². The zero-order valence-corrected chi connectivity index (χ0v) is 17.8. The second-order valence-electron chi connectivity index (χ2n) is 7.76. The zero-order chi connectivity index (χ0) is 20.2. The molecule has 2 aromatic rings. The summed E-state index contributed by atoms with van der Waals surface area (Å²) in [6, 6.07) is 6.02. The van der Waals surface area contributed by atoms with E-state index in [9.17, 15) is 0 Å². The number of aromatic nitrogens is 2. The van der Waals surface area contributed by atoms with Gasteiger partial charge in [-0.1, -0.05) is 25.2 Å². The van der Waals surface area contributed by atoms with Gasteiger partial charge in [0, 0.05) is 43.7 Å². The molecule has 0 spiro atoms. The Hall–Kier alpha value is -2.53. The molecule has 4 rings (SSSR count). The molecule has 0 amide bonds. The lowest BCUT2D eigenvalue weighted by Gasteiger charge is -2.28. The number of hydrogen-bond acceptors (Lipinski definition) is 4. The summed E-state index contributed by atoms with van der Waals surface area (Å²) in [5.74, 6) is 2.93. The monoisotopic (exact) mass is 393 g/mol. The number of methoxy groups -OCH3 is 2. The normalized spacial score (nSPS) is 16.4. The molecule has 0 unspecified atom stereocenters. The van der Waals surface area contributed by atoms with Crippen molar-refractivity contribution in [1.82, 2.24) is 14.5 Å². The fraction of sp³-hybridized carbons (Fsp3) is 0.458. The molecular weight excluding hydrogens is 362 g/mol. The van der Waals surface area contributed by atoms with Crippen molar-refractivity contribution in [1.29, 1.82) is 0 Å². The highest BCUT2D eigenvalue weighted by Gasteiger charge is 2.25. The Morgan fingerprint density at radius 1 is 1.14 bits per heavy atom. The second kappa shape index (κ2) is 8.87. The van der Waals surface area contributed by atoms with E-state index in [-0.39, 0.29) is 0 Å². The average molecular weight is 394 g/mol. The SMILES string of the molecule is CCCn1c(C2=CCCC=C2)nc2c1CN(Cc1cc(OC)ccc1OC)CC2. The van der Waals surface area contributed by atoms with Gasteiger partial charge in [-0.15, -0.1) is 0 Å². The van der Waals surface area contributed by atoms with Gasteiger partial charge in [-0.2, -0.15) is 0 Å². The predicted octanol–water partition coefficient (Wildman–Crippen LogP) is 4.60. The largest absolute Gasteiger partial charge is 0.497 e. The van der Waals surface area contributed by atoms with E-state index in [0.717, 1.165) is 74.7 Å².